The Labute approximate surface area is 109 Å². The molecule has 5 nitrogen and oxygen atoms in total. The first-order valence-corrected chi connectivity index (χ1v) is 6.68. The molecule has 0 aliphatic carbocycles. The third-order valence-corrected chi connectivity index (χ3v) is 4.52. The Morgan fingerprint density at radius 1 is 1.22 bits per heavy atom. The van der Waals surface area contributed by atoms with E-state index in [1.54, 1.807) is 18.8 Å². The first-order valence-electron chi connectivity index (χ1n) is 5.80. The van der Waals surface area contributed by atoms with Crippen LogP contribution in [0.2, 0.25) is 0 Å². The minimum absolute atomic E-state index is 0.0293. The lowest BCUT2D eigenvalue weighted by Crippen LogP contribution is -2.60. The molecule has 1 aromatic rings. The first kappa shape index (κ1) is 11.6. The lowest BCUT2D eigenvalue weighted by atomic mass is 9.97. The molecule has 0 bridgehead atoms. The number of hydrogen-bond acceptors (Lipinski definition) is 4. The van der Waals surface area contributed by atoms with Crippen molar-refractivity contribution in [3.05, 3.63) is 35.9 Å². The Bertz CT molecular complexity index is 490. The molecule has 0 radical (unpaired) electrons. The zero-order valence-corrected chi connectivity index (χ0v) is 10.7. The van der Waals surface area contributed by atoms with Crippen LogP contribution in [0.15, 0.2) is 35.3 Å². The fourth-order valence-corrected chi connectivity index (χ4v) is 3.53. The van der Waals surface area contributed by atoms with Gasteiger partial charge in [0.05, 0.1) is 11.3 Å². The second-order valence-electron chi connectivity index (χ2n) is 4.26. The van der Waals surface area contributed by atoms with E-state index in [9.17, 15) is 4.79 Å². The van der Waals surface area contributed by atoms with Gasteiger partial charge in [-0.3, -0.25) is 15.2 Å². The molecular weight excluding hydrogens is 248 g/mol. The highest BCUT2D eigenvalue weighted by molar-refractivity contribution is 8.14. The third-order valence-electron chi connectivity index (χ3n) is 3.18. The van der Waals surface area contributed by atoms with E-state index >= 15 is 0 Å². The van der Waals surface area contributed by atoms with Gasteiger partial charge >= 0.3 is 0 Å². The summed E-state index contributed by atoms with van der Waals surface area (Å²) in [4.78, 5) is 15.9. The van der Waals surface area contributed by atoms with Gasteiger partial charge < -0.3 is 5.32 Å². The largest absolute Gasteiger partial charge is 0.352 e. The van der Waals surface area contributed by atoms with Crippen molar-refractivity contribution in [1.29, 1.82) is 0 Å². The van der Waals surface area contributed by atoms with Gasteiger partial charge in [-0.25, -0.2) is 5.43 Å². The molecule has 2 fully saturated rings. The van der Waals surface area contributed by atoms with Gasteiger partial charge in [-0.2, -0.15) is 0 Å². The van der Waals surface area contributed by atoms with E-state index in [1.807, 2.05) is 18.2 Å². The molecule has 2 heterocycles. The molecule has 3 rings (SSSR count). The molecule has 94 valence electrons. The second kappa shape index (κ2) is 4.62. The summed E-state index contributed by atoms with van der Waals surface area (Å²) in [7, 11) is 1.73. The number of amidine groups is 1. The number of rotatable bonds is 1. The monoisotopic (exact) mass is 262 g/mol. The van der Waals surface area contributed by atoms with Crippen LogP contribution in [0.4, 0.5) is 0 Å². The van der Waals surface area contributed by atoms with Gasteiger partial charge in [0.15, 0.2) is 5.17 Å². The van der Waals surface area contributed by atoms with E-state index in [-0.39, 0.29) is 23.2 Å². The Morgan fingerprint density at radius 2 is 2.00 bits per heavy atom. The van der Waals surface area contributed by atoms with Crippen molar-refractivity contribution < 1.29 is 4.79 Å². The fourth-order valence-electron chi connectivity index (χ4n) is 2.28. The smallest absolute Gasteiger partial charge is 0.257 e. The van der Waals surface area contributed by atoms with Crippen LogP contribution in [0.5, 0.6) is 0 Å². The maximum absolute atomic E-state index is 11.8. The molecule has 0 spiro atoms. The van der Waals surface area contributed by atoms with Crippen LogP contribution >= 0.6 is 11.8 Å². The predicted octanol–water partition coefficient (Wildman–Crippen LogP) is 0.422. The molecular formula is C12H14N4OS. The molecule has 3 N–H and O–H groups in total. The summed E-state index contributed by atoms with van der Waals surface area (Å²) in [6.07, 6.45) is 0. The molecule has 6 heteroatoms. The summed E-state index contributed by atoms with van der Waals surface area (Å²) in [6, 6.07) is 9.99. The van der Waals surface area contributed by atoms with Crippen molar-refractivity contribution in [1.82, 2.24) is 16.2 Å². The Morgan fingerprint density at radius 3 is 2.72 bits per heavy atom. The Balaban J connectivity index is 1.91. The standard InChI is InChI=1S/C12H14N4OS/c1-13-12-14-9-10(18-12)8(15-16-11(9)17)7-5-3-2-4-6-7/h2-6,8-10,15H,1H3,(H,13,14)(H,16,17). The molecule has 1 aromatic carbocycles. The summed E-state index contributed by atoms with van der Waals surface area (Å²) >= 11 is 1.62. The van der Waals surface area contributed by atoms with Gasteiger partial charge in [-0.1, -0.05) is 42.1 Å². The molecule has 1 amide bonds. The number of aliphatic imine (C=N–C) groups is 1. The van der Waals surface area contributed by atoms with Crippen molar-refractivity contribution in [3.8, 4) is 0 Å². The van der Waals surface area contributed by atoms with E-state index in [1.165, 1.54) is 5.56 Å². The minimum atomic E-state index is -0.222. The maximum Gasteiger partial charge on any atom is 0.257 e. The Kier molecular flexibility index (Phi) is 2.97. The SMILES string of the molecule is CN=C1NC2C(=O)NNC(c3ccccc3)C2S1. The van der Waals surface area contributed by atoms with Crippen LogP contribution in [-0.2, 0) is 4.79 Å². The zero-order chi connectivity index (χ0) is 12.5. The summed E-state index contributed by atoms with van der Waals surface area (Å²) in [5, 5.41) is 4.10. The number of benzene rings is 1. The van der Waals surface area contributed by atoms with Gasteiger partial charge in [0.1, 0.15) is 6.04 Å². The highest BCUT2D eigenvalue weighted by Gasteiger charge is 2.45. The average Bonchev–Trinajstić information content (AvgIpc) is 2.85. The van der Waals surface area contributed by atoms with Gasteiger partial charge in [0.2, 0.25) is 0 Å². The number of nitrogens with zero attached hydrogens (tertiary/aromatic N) is 1. The molecule has 2 aliphatic rings. The lowest BCUT2D eigenvalue weighted by molar-refractivity contribution is -0.125. The number of thioether (sulfide) groups is 1. The molecule has 3 atom stereocenters. The lowest BCUT2D eigenvalue weighted by Gasteiger charge is -2.33. The van der Waals surface area contributed by atoms with Crippen molar-refractivity contribution in [2.75, 3.05) is 7.05 Å². The fraction of sp³-hybridized carbons (Fsp3) is 0.333. The van der Waals surface area contributed by atoms with E-state index in [4.69, 9.17) is 0 Å². The van der Waals surface area contributed by atoms with Crippen LogP contribution in [0.3, 0.4) is 0 Å². The number of nitrogens with one attached hydrogen (secondary N) is 3. The minimum Gasteiger partial charge on any atom is -0.352 e. The highest BCUT2D eigenvalue weighted by Crippen LogP contribution is 2.35. The van der Waals surface area contributed by atoms with Gasteiger partial charge in [-0.15, -0.1) is 0 Å². The zero-order valence-electron chi connectivity index (χ0n) is 9.88. The van der Waals surface area contributed by atoms with Gasteiger partial charge in [0.25, 0.3) is 5.91 Å². The molecule has 18 heavy (non-hydrogen) atoms. The highest BCUT2D eigenvalue weighted by atomic mass is 32.2. The molecule has 3 unspecified atom stereocenters. The van der Waals surface area contributed by atoms with Crippen LogP contribution in [0, 0.1) is 0 Å². The summed E-state index contributed by atoms with van der Waals surface area (Å²) in [5.74, 6) is -0.0293. The van der Waals surface area contributed by atoms with Crippen molar-refractivity contribution in [2.45, 2.75) is 17.3 Å². The molecule has 0 aromatic heterocycles. The molecule has 0 saturated carbocycles. The maximum atomic E-state index is 11.8. The topological polar surface area (TPSA) is 65.5 Å². The van der Waals surface area contributed by atoms with Crippen molar-refractivity contribution in [3.63, 3.8) is 0 Å². The van der Waals surface area contributed by atoms with Crippen LogP contribution in [-0.4, -0.2) is 29.4 Å². The average molecular weight is 262 g/mol. The van der Waals surface area contributed by atoms with Crippen molar-refractivity contribution >= 4 is 22.8 Å². The predicted molar refractivity (Wildman–Crippen MR) is 72.1 cm³/mol. The third kappa shape index (κ3) is 1.87. The molecule has 2 saturated heterocycles. The van der Waals surface area contributed by atoms with E-state index in [2.05, 4.69) is 33.3 Å². The number of carbonyl (C=O) groups is 1. The van der Waals surface area contributed by atoms with Crippen LogP contribution in [0.25, 0.3) is 0 Å². The van der Waals surface area contributed by atoms with Crippen molar-refractivity contribution in [2.24, 2.45) is 4.99 Å². The first-order chi connectivity index (χ1) is 8.79. The summed E-state index contributed by atoms with van der Waals surface area (Å²) in [5.41, 5.74) is 6.98. The summed E-state index contributed by atoms with van der Waals surface area (Å²) in [6.45, 7) is 0. The number of amides is 1. The van der Waals surface area contributed by atoms with E-state index in [0.29, 0.717) is 0 Å². The van der Waals surface area contributed by atoms with Crippen LogP contribution < -0.4 is 16.2 Å². The number of carbonyl (C=O) groups excluding carboxylic acids is 1. The van der Waals surface area contributed by atoms with E-state index in [0.717, 1.165) is 5.17 Å². The quantitative estimate of drug-likeness (QED) is 0.686. The summed E-state index contributed by atoms with van der Waals surface area (Å²) < 4.78 is 0. The van der Waals surface area contributed by atoms with Crippen LogP contribution in [0.1, 0.15) is 11.6 Å². The molecule has 2 aliphatic heterocycles. The second-order valence-corrected chi connectivity index (χ2v) is 5.42. The van der Waals surface area contributed by atoms with Gasteiger partial charge in [-0.05, 0) is 5.56 Å². The van der Waals surface area contributed by atoms with E-state index < -0.39 is 0 Å². The Hall–Kier alpha value is -1.53. The number of hydrazine groups is 1. The van der Waals surface area contributed by atoms with Gasteiger partial charge in [0, 0.05) is 7.05 Å². The number of fused-ring (bicyclic) bond motifs is 1. The number of hydrogen-bond donors (Lipinski definition) is 3. The normalized spacial score (nSPS) is 32.8.